The molecule has 3 amide bonds. The summed E-state index contributed by atoms with van der Waals surface area (Å²) in [6.45, 7) is 3.62. The molecule has 0 aliphatic carbocycles. The molecule has 1 unspecified atom stereocenters. The molecule has 1 heterocycles. The van der Waals surface area contributed by atoms with Gasteiger partial charge in [0.2, 0.25) is 27.7 Å². The minimum Gasteiger partial charge on any atom is -0.351 e. The Morgan fingerprint density at radius 1 is 1.11 bits per heavy atom. The van der Waals surface area contributed by atoms with Crippen LogP contribution in [0.25, 0.3) is 0 Å². The van der Waals surface area contributed by atoms with Gasteiger partial charge in [-0.05, 0) is 55.7 Å². The Bertz CT molecular complexity index is 1250. The van der Waals surface area contributed by atoms with Gasteiger partial charge >= 0.3 is 0 Å². The van der Waals surface area contributed by atoms with Crippen LogP contribution >= 0.6 is 23.2 Å². The number of halogens is 2. The minimum absolute atomic E-state index is 0.142. The lowest BCUT2D eigenvalue weighted by atomic mass is 9.83. The second-order valence-corrected chi connectivity index (χ2v) is 12.1. The van der Waals surface area contributed by atoms with Gasteiger partial charge in [-0.2, -0.15) is 0 Å². The van der Waals surface area contributed by atoms with E-state index in [4.69, 9.17) is 23.2 Å². The number of amides is 3. The van der Waals surface area contributed by atoms with Crippen molar-refractivity contribution in [3.63, 3.8) is 0 Å². The summed E-state index contributed by atoms with van der Waals surface area (Å²) in [6, 6.07) is 9.48. The lowest BCUT2D eigenvalue weighted by molar-refractivity contribution is -0.134. The molecule has 0 spiro atoms. The van der Waals surface area contributed by atoms with E-state index in [0.29, 0.717) is 23.1 Å². The Morgan fingerprint density at radius 2 is 1.69 bits per heavy atom. The Labute approximate surface area is 215 Å². The van der Waals surface area contributed by atoms with E-state index in [0.717, 1.165) is 4.31 Å². The van der Waals surface area contributed by atoms with Gasteiger partial charge < -0.3 is 5.32 Å². The molecule has 3 rings (SSSR count). The van der Waals surface area contributed by atoms with Crippen LogP contribution < -0.4 is 10.6 Å². The van der Waals surface area contributed by atoms with Crippen molar-refractivity contribution < 1.29 is 22.8 Å². The van der Waals surface area contributed by atoms with Crippen LogP contribution in [0.4, 0.5) is 0 Å². The molecule has 0 bridgehead atoms. The first-order valence-corrected chi connectivity index (χ1v) is 13.1. The first-order valence-electron chi connectivity index (χ1n) is 10.9. The van der Waals surface area contributed by atoms with Crippen molar-refractivity contribution in [3.05, 3.63) is 63.1 Å². The summed E-state index contributed by atoms with van der Waals surface area (Å²) in [5.41, 5.74) is 0.812. The first-order chi connectivity index (χ1) is 16.2. The number of benzene rings is 2. The molecule has 35 heavy (non-hydrogen) atoms. The molecular formula is C24H27Cl2N3O5S. The standard InChI is InChI=1S/C24H27Cl2N3O5S/c1-24(2,15-5-7-16(8-6-15)35(33,34)29(3)4)23(32)27-13-14-11-18(25)21(19(26)12-14)17-9-10-20(30)28-22(17)31/h5-8,11-12,17H,9-10,13H2,1-4H3,(H,27,32)(H,28,30,31). The second kappa shape index (κ2) is 10.3. The van der Waals surface area contributed by atoms with Crippen LogP contribution in [-0.2, 0) is 36.4 Å². The van der Waals surface area contributed by atoms with E-state index in [1.807, 2.05) is 0 Å². The van der Waals surface area contributed by atoms with Gasteiger partial charge in [-0.3, -0.25) is 19.7 Å². The van der Waals surface area contributed by atoms with E-state index >= 15 is 0 Å². The third-order valence-electron chi connectivity index (χ3n) is 6.10. The van der Waals surface area contributed by atoms with Crippen molar-refractivity contribution in [1.82, 2.24) is 14.9 Å². The number of sulfonamides is 1. The molecule has 1 saturated heterocycles. The maximum Gasteiger partial charge on any atom is 0.242 e. The van der Waals surface area contributed by atoms with E-state index in [1.165, 1.54) is 26.2 Å². The molecule has 0 radical (unpaired) electrons. The number of carbonyl (C=O) groups excluding carboxylic acids is 3. The number of imide groups is 1. The molecule has 2 N–H and O–H groups in total. The van der Waals surface area contributed by atoms with Gasteiger partial charge in [0, 0.05) is 42.7 Å². The average Bonchev–Trinajstić information content (AvgIpc) is 2.78. The highest BCUT2D eigenvalue weighted by atomic mass is 35.5. The number of piperidine rings is 1. The summed E-state index contributed by atoms with van der Waals surface area (Å²) in [5, 5.41) is 5.73. The molecule has 1 aliphatic heterocycles. The van der Waals surface area contributed by atoms with E-state index < -0.39 is 27.3 Å². The Kier molecular flexibility index (Phi) is 7.96. The molecule has 8 nitrogen and oxygen atoms in total. The first kappa shape index (κ1) is 27.1. The van der Waals surface area contributed by atoms with Crippen molar-refractivity contribution in [3.8, 4) is 0 Å². The van der Waals surface area contributed by atoms with Crippen LogP contribution in [0.1, 0.15) is 49.3 Å². The molecule has 2 aromatic carbocycles. The predicted octanol–water partition coefficient (Wildman–Crippen LogP) is 3.36. The molecule has 2 aromatic rings. The largest absolute Gasteiger partial charge is 0.351 e. The molecule has 0 aromatic heterocycles. The van der Waals surface area contributed by atoms with Crippen LogP contribution in [0.2, 0.25) is 10.0 Å². The zero-order valence-electron chi connectivity index (χ0n) is 19.8. The number of nitrogens with zero attached hydrogens (tertiary/aromatic N) is 1. The van der Waals surface area contributed by atoms with E-state index in [-0.39, 0.29) is 39.7 Å². The Balaban J connectivity index is 1.73. The summed E-state index contributed by atoms with van der Waals surface area (Å²) >= 11 is 12.9. The fraction of sp³-hybridized carbons (Fsp3) is 0.375. The number of hydrogen-bond acceptors (Lipinski definition) is 5. The summed E-state index contributed by atoms with van der Waals surface area (Å²) < 4.78 is 25.7. The van der Waals surface area contributed by atoms with Crippen molar-refractivity contribution >= 4 is 50.9 Å². The molecule has 188 valence electrons. The van der Waals surface area contributed by atoms with E-state index in [1.54, 1.807) is 38.1 Å². The van der Waals surface area contributed by atoms with Crippen molar-refractivity contribution in [1.29, 1.82) is 0 Å². The lowest BCUT2D eigenvalue weighted by Crippen LogP contribution is -2.40. The Morgan fingerprint density at radius 3 is 2.20 bits per heavy atom. The molecule has 1 atom stereocenters. The van der Waals surface area contributed by atoms with E-state index in [9.17, 15) is 22.8 Å². The van der Waals surface area contributed by atoms with Crippen molar-refractivity contribution in [2.45, 2.75) is 49.5 Å². The third kappa shape index (κ3) is 5.69. The van der Waals surface area contributed by atoms with Gasteiger partial charge in [0.05, 0.1) is 16.2 Å². The van der Waals surface area contributed by atoms with Crippen LogP contribution in [0.15, 0.2) is 41.3 Å². The smallest absolute Gasteiger partial charge is 0.242 e. The summed E-state index contributed by atoms with van der Waals surface area (Å²) in [5.74, 6) is -1.65. The topological polar surface area (TPSA) is 113 Å². The van der Waals surface area contributed by atoms with Gasteiger partial charge in [-0.25, -0.2) is 12.7 Å². The third-order valence-corrected chi connectivity index (χ3v) is 8.56. The minimum atomic E-state index is -3.57. The highest BCUT2D eigenvalue weighted by Gasteiger charge is 2.32. The van der Waals surface area contributed by atoms with Gasteiger partial charge in [0.15, 0.2) is 0 Å². The maximum absolute atomic E-state index is 13.0. The molecule has 1 fully saturated rings. The molecule has 0 saturated carbocycles. The quantitative estimate of drug-likeness (QED) is 0.523. The van der Waals surface area contributed by atoms with Crippen LogP contribution in [0.5, 0.6) is 0 Å². The summed E-state index contributed by atoms with van der Waals surface area (Å²) in [6.07, 6.45) is 0.529. The van der Waals surface area contributed by atoms with E-state index in [2.05, 4.69) is 10.6 Å². The lowest BCUT2D eigenvalue weighted by Gasteiger charge is -2.25. The summed E-state index contributed by atoms with van der Waals surface area (Å²) in [7, 11) is -0.656. The summed E-state index contributed by atoms with van der Waals surface area (Å²) in [4.78, 5) is 36.8. The molecular weight excluding hydrogens is 513 g/mol. The molecule has 11 heteroatoms. The van der Waals surface area contributed by atoms with Gasteiger partial charge in [0.1, 0.15) is 0 Å². The highest BCUT2D eigenvalue weighted by molar-refractivity contribution is 7.89. The zero-order valence-corrected chi connectivity index (χ0v) is 22.1. The van der Waals surface area contributed by atoms with Crippen molar-refractivity contribution in [2.75, 3.05) is 14.1 Å². The Hall–Kier alpha value is -2.46. The second-order valence-electron chi connectivity index (χ2n) is 9.10. The van der Waals surface area contributed by atoms with Gasteiger partial charge in [-0.1, -0.05) is 35.3 Å². The van der Waals surface area contributed by atoms with Gasteiger partial charge in [0.25, 0.3) is 0 Å². The number of carbonyl (C=O) groups is 3. The van der Waals surface area contributed by atoms with Gasteiger partial charge in [-0.15, -0.1) is 0 Å². The number of rotatable bonds is 7. The fourth-order valence-corrected chi connectivity index (χ4v) is 5.53. The SMILES string of the molecule is CN(C)S(=O)(=O)c1ccc(C(C)(C)C(=O)NCc2cc(Cl)c(C3CCC(=O)NC3=O)c(Cl)c2)cc1. The van der Waals surface area contributed by atoms with Crippen LogP contribution in [-0.4, -0.2) is 44.5 Å². The highest BCUT2D eigenvalue weighted by Crippen LogP contribution is 2.37. The normalized spacial score (nSPS) is 16.8. The van der Waals surface area contributed by atoms with Crippen LogP contribution in [0.3, 0.4) is 0 Å². The fourth-order valence-electron chi connectivity index (χ4n) is 3.83. The zero-order chi connectivity index (χ0) is 26.1. The average molecular weight is 540 g/mol. The molecule has 1 aliphatic rings. The maximum atomic E-state index is 13.0. The van der Waals surface area contributed by atoms with Crippen LogP contribution in [0, 0.1) is 0 Å². The number of hydrogen-bond donors (Lipinski definition) is 2. The monoisotopic (exact) mass is 539 g/mol. The predicted molar refractivity (Wildman–Crippen MR) is 134 cm³/mol. The number of nitrogens with one attached hydrogen (secondary N) is 2. The van der Waals surface area contributed by atoms with Crippen molar-refractivity contribution in [2.24, 2.45) is 0 Å².